The molecule has 48 heavy (non-hydrogen) atoms. The highest BCUT2D eigenvalue weighted by Crippen LogP contribution is 2.63. The first-order valence-corrected chi connectivity index (χ1v) is 16.8. The van der Waals surface area contributed by atoms with E-state index >= 15 is 0 Å². The average Bonchev–Trinajstić information content (AvgIpc) is 3.70. The van der Waals surface area contributed by atoms with Crippen LogP contribution in [0.25, 0.3) is 33.4 Å². The number of benzene rings is 7. The first-order chi connectivity index (χ1) is 24.7. The summed E-state index contributed by atoms with van der Waals surface area (Å²) in [5.41, 5.74) is 17.2. The Labute approximate surface area is 287 Å². The van der Waals surface area contributed by atoms with Crippen LogP contribution >= 0.6 is 0 Å². The molecule has 7 aromatic rings. The van der Waals surface area contributed by atoms with Crippen LogP contribution < -0.4 is 4.90 Å². The van der Waals surface area contributed by atoms with Crippen molar-refractivity contribution in [1.29, 1.82) is 0 Å². The second kappa shape index (κ2) is 9.69. The van der Waals surface area contributed by atoms with Gasteiger partial charge in [-0.25, -0.2) is 0 Å². The Bertz CT molecular complexity index is 2510. The molecule has 0 amide bonds. The summed E-state index contributed by atoms with van der Waals surface area (Å²) < 4.78 is 25.8. The van der Waals surface area contributed by atoms with Gasteiger partial charge < -0.3 is 4.90 Å². The number of anilines is 3. The summed E-state index contributed by atoms with van der Waals surface area (Å²) in [5, 5.41) is 0. The molecule has 1 nitrogen and oxygen atoms in total. The number of rotatable bonds is 3. The molecule has 0 aromatic heterocycles. The van der Waals surface area contributed by atoms with Crippen molar-refractivity contribution in [3.05, 3.63) is 197 Å². The Balaban J connectivity index is 1.27. The molecular weight excluding hydrogens is 579 g/mol. The van der Waals surface area contributed by atoms with E-state index in [1.165, 1.54) is 66.8 Å². The van der Waals surface area contributed by atoms with E-state index in [0.717, 1.165) is 11.4 Å². The summed E-state index contributed by atoms with van der Waals surface area (Å²) in [6.45, 7) is 2.26. The molecule has 0 saturated heterocycles. The molecule has 1 heteroatoms. The van der Waals surface area contributed by atoms with Crippen molar-refractivity contribution in [1.82, 2.24) is 0 Å². The molecular formula is C47H35N. The maximum atomic E-state index is 8.61. The Hall–Kier alpha value is -5.66. The summed E-state index contributed by atoms with van der Waals surface area (Å²) >= 11 is 0. The van der Waals surface area contributed by atoms with Gasteiger partial charge in [0.25, 0.3) is 0 Å². The predicted octanol–water partition coefficient (Wildman–Crippen LogP) is 12.1. The molecule has 0 atom stereocenters. The van der Waals surface area contributed by atoms with Crippen LogP contribution in [0, 0.1) is 6.85 Å². The van der Waals surface area contributed by atoms with Crippen LogP contribution in [0.1, 0.15) is 56.9 Å². The molecule has 10 rings (SSSR count). The lowest BCUT2D eigenvalue weighted by molar-refractivity contribution is 0.660. The number of para-hydroxylation sites is 1. The van der Waals surface area contributed by atoms with Gasteiger partial charge in [-0.3, -0.25) is 0 Å². The van der Waals surface area contributed by atoms with Crippen molar-refractivity contribution in [3.8, 4) is 33.4 Å². The van der Waals surface area contributed by atoms with Crippen molar-refractivity contribution in [2.45, 2.75) is 31.5 Å². The van der Waals surface area contributed by atoms with Gasteiger partial charge in [0.1, 0.15) is 0 Å². The summed E-state index contributed by atoms with van der Waals surface area (Å²) in [5.74, 6) is 0. The lowest BCUT2D eigenvalue weighted by Gasteiger charge is -2.32. The monoisotopic (exact) mass is 616 g/mol. The molecule has 0 saturated carbocycles. The number of hydrogen-bond acceptors (Lipinski definition) is 1. The summed E-state index contributed by atoms with van der Waals surface area (Å²) in [7, 11) is 0. The number of nitrogens with zero attached hydrogens (tertiary/aromatic N) is 1. The normalized spacial score (nSPS) is 16.1. The van der Waals surface area contributed by atoms with Gasteiger partial charge in [0.05, 0.1) is 5.41 Å². The molecule has 3 aliphatic carbocycles. The van der Waals surface area contributed by atoms with Crippen LogP contribution in [-0.4, -0.2) is 0 Å². The van der Waals surface area contributed by atoms with E-state index in [1.807, 2.05) is 18.2 Å². The van der Waals surface area contributed by atoms with Crippen molar-refractivity contribution >= 4 is 17.1 Å². The minimum Gasteiger partial charge on any atom is -0.310 e. The summed E-state index contributed by atoms with van der Waals surface area (Å²) in [6.07, 6.45) is 0. The minimum absolute atomic E-state index is 0.138. The third-order valence-corrected chi connectivity index (χ3v) is 11.2. The van der Waals surface area contributed by atoms with Gasteiger partial charge in [0, 0.05) is 26.6 Å². The van der Waals surface area contributed by atoms with E-state index in [-0.39, 0.29) is 5.41 Å². The summed E-state index contributed by atoms with van der Waals surface area (Å²) in [6, 6.07) is 56.0. The maximum absolute atomic E-state index is 8.61. The number of fused-ring (bicyclic) bond motifs is 13. The Morgan fingerprint density at radius 3 is 1.50 bits per heavy atom. The zero-order chi connectivity index (χ0) is 34.7. The highest BCUT2D eigenvalue weighted by Gasteiger charge is 2.51. The van der Waals surface area contributed by atoms with Crippen LogP contribution in [0.5, 0.6) is 0 Å². The lowest BCUT2D eigenvalue weighted by atomic mass is 9.70. The predicted molar refractivity (Wildman–Crippen MR) is 200 cm³/mol. The fourth-order valence-electron chi connectivity index (χ4n) is 9.17. The Morgan fingerprint density at radius 2 is 0.875 bits per heavy atom. The molecule has 228 valence electrons. The molecule has 0 aliphatic heterocycles. The third-order valence-electron chi connectivity index (χ3n) is 11.2. The first kappa shape index (κ1) is 24.5. The Kier molecular flexibility index (Phi) is 4.94. The van der Waals surface area contributed by atoms with Gasteiger partial charge in [-0.1, -0.05) is 141 Å². The molecule has 0 unspecified atom stereocenters. The molecule has 7 aromatic carbocycles. The van der Waals surface area contributed by atoms with Crippen LogP contribution in [0.4, 0.5) is 17.1 Å². The standard InChI is InChI=1S/C47H35N/c1-30-14-4-13-23-45(30)48(31-25-27-40-38(28-31)36-18-5-9-19-39(36)46(40,2)3)32-24-26-37-35-17-8-12-22-43(35)47(44(37)29-32)41-20-10-6-15-33(41)34-16-7-11-21-42(34)47/h4-29H,1-3H3/i1D3. The fourth-order valence-corrected chi connectivity index (χ4v) is 9.17. The number of aryl methyl sites for hydroxylation is 1. The van der Waals surface area contributed by atoms with E-state index < -0.39 is 12.3 Å². The van der Waals surface area contributed by atoms with E-state index in [2.05, 4.69) is 152 Å². The molecule has 0 heterocycles. The Morgan fingerprint density at radius 1 is 0.417 bits per heavy atom. The third kappa shape index (κ3) is 3.41. The minimum atomic E-state index is -2.31. The largest absolute Gasteiger partial charge is 0.310 e. The zero-order valence-corrected chi connectivity index (χ0v) is 27.0. The smallest absolute Gasteiger partial charge is 0.0726 e. The van der Waals surface area contributed by atoms with Crippen molar-refractivity contribution < 1.29 is 4.11 Å². The van der Waals surface area contributed by atoms with E-state index in [9.17, 15) is 0 Å². The maximum Gasteiger partial charge on any atom is 0.0726 e. The van der Waals surface area contributed by atoms with Gasteiger partial charge in [0.2, 0.25) is 0 Å². The van der Waals surface area contributed by atoms with Gasteiger partial charge in [0.15, 0.2) is 0 Å². The fraction of sp³-hybridized carbons (Fsp3) is 0.106. The van der Waals surface area contributed by atoms with E-state index in [0.29, 0.717) is 11.3 Å². The zero-order valence-electron chi connectivity index (χ0n) is 30.0. The van der Waals surface area contributed by atoms with Gasteiger partial charge >= 0.3 is 0 Å². The van der Waals surface area contributed by atoms with Crippen LogP contribution in [-0.2, 0) is 10.8 Å². The SMILES string of the molecule is [2H]C([2H])([2H])c1ccccc1N(c1ccc2c(c1)-c1ccccc1C2(C)C)c1ccc2c(c1)C1(c3ccccc3-c3ccccc31)c1ccccc1-2. The van der Waals surface area contributed by atoms with Gasteiger partial charge in [-0.2, -0.15) is 0 Å². The van der Waals surface area contributed by atoms with E-state index in [4.69, 9.17) is 4.11 Å². The average molecular weight is 617 g/mol. The first-order valence-electron chi connectivity index (χ1n) is 18.3. The molecule has 0 bridgehead atoms. The van der Waals surface area contributed by atoms with Crippen molar-refractivity contribution in [2.75, 3.05) is 4.90 Å². The van der Waals surface area contributed by atoms with Gasteiger partial charge in [-0.05, 0) is 110 Å². The second-order valence-electron chi connectivity index (χ2n) is 13.9. The molecule has 3 aliphatic rings. The van der Waals surface area contributed by atoms with Crippen LogP contribution in [0.15, 0.2) is 158 Å². The molecule has 0 N–H and O–H groups in total. The van der Waals surface area contributed by atoms with Crippen LogP contribution in [0.2, 0.25) is 0 Å². The molecule has 0 fully saturated rings. The van der Waals surface area contributed by atoms with E-state index in [1.54, 1.807) is 6.07 Å². The second-order valence-corrected chi connectivity index (χ2v) is 13.9. The highest BCUT2D eigenvalue weighted by molar-refractivity contribution is 5.96. The summed E-state index contributed by atoms with van der Waals surface area (Å²) in [4.78, 5) is 2.17. The van der Waals surface area contributed by atoms with Crippen LogP contribution in [0.3, 0.4) is 0 Å². The highest BCUT2D eigenvalue weighted by atomic mass is 15.1. The quantitative estimate of drug-likeness (QED) is 0.191. The van der Waals surface area contributed by atoms with Crippen molar-refractivity contribution in [2.24, 2.45) is 0 Å². The van der Waals surface area contributed by atoms with Crippen molar-refractivity contribution in [3.63, 3.8) is 0 Å². The molecule has 1 spiro atoms. The molecule has 0 radical (unpaired) electrons. The topological polar surface area (TPSA) is 3.24 Å². The van der Waals surface area contributed by atoms with Gasteiger partial charge in [-0.15, -0.1) is 0 Å². The lowest BCUT2D eigenvalue weighted by Crippen LogP contribution is -2.26. The number of hydrogen-bond donors (Lipinski definition) is 0.